The van der Waals surface area contributed by atoms with Gasteiger partial charge in [-0.15, -0.1) is 0 Å². The van der Waals surface area contributed by atoms with Crippen LogP contribution in [0, 0.1) is 0 Å². The van der Waals surface area contributed by atoms with E-state index in [0.717, 1.165) is 29.3 Å². The third kappa shape index (κ3) is 3.11. The highest BCUT2D eigenvalue weighted by molar-refractivity contribution is 5.48. The van der Waals surface area contributed by atoms with Crippen LogP contribution in [-0.4, -0.2) is 30.3 Å². The summed E-state index contributed by atoms with van der Waals surface area (Å²) in [6.45, 7) is 3.80. The highest BCUT2D eigenvalue weighted by Crippen LogP contribution is 2.34. The van der Waals surface area contributed by atoms with E-state index in [2.05, 4.69) is 17.3 Å². The van der Waals surface area contributed by atoms with Crippen molar-refractivity contribution in [1.29, 1.82) is 0 Å². The van der Waals surface area contributed by atoms with Crippen molar-refractivity contribution < 1.29 is 14.2 Å². The van der Waals surface area contributed by atoms with Gasteiger partial charge in [0.2, 0.25) is 6.79 Å². The summed E-state index contributed by atoms with van der Waals surface area (Å²) in [5.74, 6) is 1.61. The van der Waals surface area contributed by atoms with Crippen molar-refractivity contribution in [2.75, 3.05) is 25.8 Å². The molecule has 0 bridgehead atoms. The minimum Gasteiger partial charge on any atom is -0.454 e. The number of methoxy groups -OCH3 is 1. The second-order valence-corrected chi connectivity index (χ2v) is 4.96. The second kappa shape index (κ2) is 6.05. The zero-order valence-corrected chi connectivity index (χ0v) is 12.2. The number of nitrogens with one attached hydrogen (secondary N) is 1. The number of anilines is 1. The van der Waals surface area contributed by atoms with Gasteiger partial charge in [-0.1, -0.05) is 6.07 Å². The Labute approximate surface area is 123 Å². The summed E-state index contributed by atoms with van der Waals surface area (Å²) < 4.78 is 17.6. The number of hydrogen-bond acceptors (Lipinski definition) is 5. The Hall–Kier alpha value is -2.21. The van der Waals surface area contributed by atoms with Crippen molar-refractivity contribution in [3.05, 3.63) is 36.2 Å². The molecule has 0 saturated carbocycles. The minimum absolute atomic E-state index is 0.152. The van der Waals surface area contributed by atoms with E-state index >= 15 is 0 Å². The molecular weight excluding hydrogens is 270 g/mol. The normalized spacial score (nSPS) is 14.2. The predicted octanol–water partition coefficient (Wildman–Crippen LogP) is 2.43. The van der Waals surface area contributed by atoms with E-state index in [1.807, 2.05) is 35.3 Å². The van der Waals surface area contributed by atoms with Gasteiger partial charge in [-0.05, 0) is 24.6 Å². The Balaban J connectivity index is 1.65. The van der Waals surface area contributed by atoms with Crippen molar-refractivity contribution in [3.8, 4) is 11.5 Å². The summed E-state index contributed by atoms with van der Waals surface area (Å²) in [5.41, 5.74) is 2.13. The molecule has 0 saturated heterocycles. The van der Waals surface area contributed by atoms with Crippen molar-refractivity contribution >= 4 is 5.69 Å². The number of nitrogens with zero attached hydrogens (tertiary/aromatic N) is 2. The van der Waals surface area contributed by atoms with Crippen LogP contribution in [0.15, 0.2) is 30.6 Å². The molecule has 0 radical (unpaired) electrons. The quantitative estimate of drug-likeness (QED) is 0.885. The maximum absolute atomic E-state index is 5.41. The van der Waals surface area contributed by atoms with Gasteiger partial charge in [0.25, 0.3) is 0 Å². The monoisotopic (exact) mass is 289 g/mol. The maximum atomic E-state index is 5.41. The lowest BCUT2D eigenvalue weighted by Gasteiger charge is -2.14. The Morgan fingerprint density at radius 1 is 1.38 bits per heavy atom. The van der Waals surface area contributed by atoms with E-state index in [9.17, 15) is 0 Å². The summed E-state index contributed by atoms with van der Waals surface area (Å²) in [7, 11) is 1.68. The summed E-state index contributed by atoms with van der Waals surface area (Å²) >= 11 is 0. The number of hydrogen-bond donors (Lipinski definition) is 1. The van der Waals surface area contributed by atoms with Gasteiger partial charge in [0.15, 0.2) is 11.5 Å². The first kappa shape index (κ1) is 13.8. The highest BCUT2D eigenvalue weighted by Gasteiger charge is 2.15. The molecule has 1 aliphatic heterocycles. The molecule has 6 nitrogen and oxygen atoms in total. The zero-order chi connectivity index (χ0) is 14.7. The largest absolute Gasteiger partial charge is 0.454 e. The lowest BCUT2D eigenvalue weighted by molar-refractivity contribution is 0.174. The van der Waals surface area contributed by atoms with Crippen molar-refractivity contribution in [3.63, 3.8) is 0 Å². The van der Waals surface area contributed by atoms with E-state index in [0.29, 0.717) is 13.4 Å². The van der Waals surface area contributed by atoms with Crippen LogP contribution in [0.5, 0.6) is 11.5 Å². The summed E-state index contributed by atoms with van der Waals surface area (Å²) in [6, 6.07) is 6.15. The van der Waals surface area contributed by atoms with Gasteiger partial charge in [0.1, 0.15) is 0 Å². The van der Waals surface area contributed by atoms with E-state index in [4.69, 9.17) is 14.2 Å². The van der Waals surface area contributed by atoms with Gasteiger partial charge < -0.3 is 19.5 Å². The fraction of sp³-hybridized carbons (Fsp3) is 0.400. The Morgan fingerprint density at radius 2 is 2.24 bits per heavy atom. The van der Waals surface area contributed by atoms with Gasteiger partial charge in [-0.3, -0.25) is 4.68 Å². The number of aromatic nitrogens is 2. The first-order chi connectivity index (χ1) is 10.3. The third-order valence-corrected chi connectivity index (χ3v) is 3.44. The van der Waals surface area contributed by atoms with Crippen LogP contribution in [0.1, 0.15) is 18.5 Å². The maximum Gasteiger partial charge on any atom is 0.231 e. The van der Waals surface area contributed by atoms with Crippen molar-refractivity contribution in [1.82, 2.24) is 9.78 Å². The molecule has 0 aliphatic carbocycles. The van der Waals surface area contributed by atoms with Crippen molar-refractivity contribution in [2.45, 2.75) is 19.5 Å². The molecule has 1 aliphatic rings. The number of benzene rings is 1. The van der Waals surface area contributed by atoms with Crippen LogP contribution < -0.4 is 14.8 Å². The summed E-state index contributed by atoms with van der Waals surface area (Å²) in [4.78, 5) is 0. The molecule has 21 heavy (non-hydrogen) atoms. The van der Waals surface area contributed by atoms with Crippen LogP contribution in [0.3, 0.4) is 0 Å². The van der Waals surface area contributed by atoms with Crippen LogP contribution >= 0.6 is 0 Å². The molecule has 1 aromatic carbocycles. The average Bonchev–Trinajstić information content (AvgIpc) is 3.12. The van der Waals surface area contributed by atoms with Crippen LogP contribution in [0.2, 0.25) is 0 Å². The molecule has 1 aromatic heterocycles. The van der Waals surface area contributed by atoms with Gasteiger partial charge in [0.05, 0.1) is 25.0 Å². The Bertz CT molecular complexity index is 612. The molecule has 1 unspecified atom stereocenters. The van der Waals surface area contributed by atoms with Crippen LogP contribution in [-0.2, 0) is 11.3 Å². The minimum atomic E-state index is 0.152. The standard InChI is InChI=1S/C15H19N3O3/c1-11(12-3-4-14-15(7-12)21-10-20-14)17-13-8-16-18(9-13)5-6-19-2/h3-4,7-9,11,17H,5-6,10H2,1-2H3. The molecule has 0 spiro atoms. The smallest absolute Gasteiger partial charge is 0.231 e. The molecule has 0 amide bonds. The Kier molecular flexibility index (Phi) is 3.96. The second-order valence-electron chi connectivity index (χ2n) is 4.96. The molecule has 112 valence electrons. The van der Waals surface area contributed by atoms with Gasteiger partial charge in [-0.2, -0.15) is 5.10 Å². The lowest BCUT2D eigenvalue weighted by atomic mass is 10.1. The molecule has 3 rings (SSSR count). The number of fused-ring (bicyclic) bond motifs is 1. The van der Waals surface area contributed by atoms with Gasteiger partial charge in [-0.25, -0.2) is 0 Å². The molecule has 6 heteroatoms. The van der Waals surface area contributed by atoms with E-state index < -0.39 is 0 Å². The SMILES string of the molecule is COCCn1cc(NC(C)c2ccc3c(c2)OCO3)cn1. The van der Waals surface area contributed by atoms with Crippen LogP contribution in [0.25, 0.3) is 0 Å². The first-order valence-corrected chi connectivity index (χ1v) is 6.94. The Morgan fingerprint density at radius 3 is 3.10 bits per heavy atom. The lowest BCUT2D eigenvalue weighted by Crippen LogP contribution is -2.06. The topological polar surface area (TPSA) is 57.5 Å². The predicted molar refractivity (Wildman–Crippen MR) is 78.7 cm³/mol. The molecule has 0 fully saturated rings. The van der Waals surface area contributed by atoms with E-state index in [1.54, 1.807) is 7.11 Å². The molecular formula is C15H19N3O3. The highest BCUT2D eigenvalue weighted by atomic mass is 16.7. The summed E-state index contributed by atoms with van der Waals surface area (Å²) in [5, 5.41) is 7.71. The molecule has 2 aromatic rings. The fourth-order valence-electron chi connectivity index (χ4n) is 2.26. The van der Waals surface area contributed by atoms with E-state index in [1.165, 1.54) is 0 Å². The average molecular weight is 289 g/mol. The fourth-order valence-corrected chi connectivity index (χ4v) is 2.26. The third-order valence-electron chi connectivity index (χ3n) is 3.44. The number of rotatable bonds is 6. The van der Waals surface area contributed by atoms with Crippen molar-refractivity contribution in [2.24, 2.45) is 0 Å². The number of ether oxygens (including phenoxy) is 3. The van der Waals surface area contributed by atoms with E-state index in [-0.39, 0.29) is 6.04 Å². The molecule has 1 N–H and O–H groups in total. The molecule has 2 heterocycles. The first-order valence-electron chi connectivity index (χ1n) is 6.94. The van der Waals surface area contributed by atoms with Gasteiger partial charge in [0, 0.05) is 19.3 Å². The van der Waals surface area contributed by atoms with Gasteiger partial charge >= 0.3 is 0 Å². The summed E-state index contributed by atoms with van der Waals surface area (Å²) in [6.07, 6.45) is 3.79. The molecule has 1 atom stereocenters. The van der Waals surface area contributed by atoms with Crippen LogP contribution in [0.4, 0.5) is 5.69 Å². The zero-order valence-electron chi connectivity index (χ0n) is 12.2.